The molecule has 0 aliphatic carbocycles. The highest BCUT2D eigenvalue weighted by molar-refractivity contribution is 9.10. The van der Waals surface area contributed by atoms with E-state index in [9.17, 15) is 23.3 Å². The van der Waals surface area contributed by atoms with Crippen LogP contribution in [0.3, 0.4) is 0 Å². The van der Waals surface area contributed by atoms with Crippen LogP contribution in [0.25, 0.3) is 6.08 Å². The van der Waals surface area contributed by atoms with Gasteiger partial charge in [0.25, 0.3) is 5.91 Å². The quantitative estimate of drug-likeness (QED) is 0.178. The predicted molar refractivity (Wildman–Crippen MR) is 133 cm³/mol. The van der Waals surface area contributed by atoms with Crippen molar-refractivity contribution < 1.29 is 26.9 Å². The van der Waals surface area contributed by atoms with E-state index >= 15 is 0 Å². The lowest BCUT2D eigenvalue weighted by Gasteiger charge is -2.11. The van der Waals surface area contributed by atoms with Gasteiger partial charge in [-0.2, -0.15) is 13.7 Å². The first-order valence-corrected chi connectivity index (χ1v) is 12.3. The molecule has 0 radical (unpaired) electrons. The van der Waals surface area contributed by atoms with Gasteiger partial charge in [-0.1, -0.05) is 27.5 Å². The van der Waals surface area contributed by atoms with Gasteiger partial charge in [-0.3, -0.25) is 4.79 Å². The topological polar surface area (TPSA) is 123 Å². The molecule has 3 aromatic rings. The number of benzene rings is 3. The van der Waals surface area contributed by atoms with Gasteiger partial charge < -0.3 is 14.2 Å². The second-order valence-corrected chi connectivity index (χ2v) is 9.76. The lowest BCUT2D eigenvalue weighted by Crippen LogP contribution is -2.14. The minimum Gasteiger partial charge on any atom is -0.465 e. The molecule has 8 nitrogen and oxygen atoms in total. The van der Waals surface area contributed by atoms with Crippen molar-refractivity contribution in [2.45, 2.75) is 4.90 Å². The van der Waals surface area contributed by atoms with Gasteiger partial charge in [-0.15, -0.1) is 0 Å². The van der Waals surface area contributed by atoms with Crippen molar-refractivity contribution in [2.24, 2.45) is 0 Å². The average molecular weight is 576 g/mol. The summed E-state index contributed by atoms with van der Waals surface area (Å²) in [5, 5.41) is 12.5. The van der Waals surface area contributed by atoms with Crippen molar-refractivity contribution in [2.75, 3.05) is 12.4 Å². The zero-order chi connectivity index (χ0) is 25.6. The molecule has 1 amide bonds. The predicted octanol–water partition coefficient (Wildman–Crippen LogP) is 5.20. The number of ether oxygens (including phenoxy) is 1. The lowest BCUT2D eigenvalue weighted by atomic mass is 10.1. The van der Waals surface area contributed by atoms with E-state index < -0.39 is 22.0 Å². The van der Waals surface area contributed by atoms with Crippen molar-refractivity contribution in [1.29, 1.82) is 5.26 Å². The van der Waals surface area contributed by atoms with Crippen LogP contribution in [0.1, 0.15) is 15.9 Å². The number of anilines is 1. The van der Waals surface area contributed by atoms with Gasteiger partial charge in [-0.25, -0.2) is 4.79 Å². The maximum atomic E-state index is 12.7. The third kappa shape index (κ3) is 6.70. The largest absolute Gasteiger partial charge is 0.465 e. The summed E-state index contributed by atoms with van der Waals surface area (Å²) in [6, 6.07) is 17.5. The van der Waals surface area contributed by atoms with Gasteiger partial charge in [-0.05, 0) is 72.8 Å². The molecule has 11 heteroatoms. The van der Waals surface area contributed by atoms with Crippen molar-refractivity contribution in [1.82, 2.24) is 0 Å². The van der Waals surface area contributed by atoms with Crippen molar-refractivity contribution in [3.8, 4) is 11.8 Å². The number of nitrogens with one attached hydrogen (secondary N) is 1. The number of carbonyl (C=O) groups excluding carboxylic acids is 2. The molecule has 0 fully saturated rings. The Morgan fingerprint density at radius 1 is 1.06 bits per heavy atom. The maximum absolute atomic E-state index is 12.7. The van der Waals surface area contributed by atoms with Crippen LogP contribution in [0.2, 0.25) is 5.02 Å². The fourth-order valence-corrected chi connectivity index (χ4v) is 4.24. The van der Waals surface area contributed by atoms with E-state index in [1.54, 1.807) is 12.1 Å². The fourth-order valence-electron chi connectivity index (χ4n) is 2.79. The molecular weight excluding hydrogens is 560 g/mol. The summed E-state index contributed by atoms with van der Waals surface area (Å²) in [6.07, 6.45) is 1.20. The normalized spacial score (nSPS) is 11.3. The van der Waals surface area contributed by atoms with Crippen LogP contribution in [0, 0.1) is 11.3 Å². The molecule has 1 N–H and O–H groups in total. The molecule has 0 spiro atoms. The summed E-state index contributed by atoms with van der Waals surface area (Å²) >= 11 is 9.10. The summed E-state index contributed by atoms with van der Waals surface area (Å²) in [7, 11) is -2.96. The van der Waals surface area contributed by atoms with Crippen LogP contribution in [-0.4, -0.2) is 27.4 Å². The third-order valence-corrected chi connectivity index (χ3v) is 6.50. The fraction of sp³-hybridized carbons (Fsp3) is 0.0417. The van der Waals surface area contributed by atoms with Gasteiger partial charge >= 0.3 is 16.1 Å². The van der Waals surface area contributed by atoms with Crippen molar-refractivity contribution in [3.63, 3.8) is 0 Å². The highest BCUT2D eigenvalue weighted by atomic mass is 79.9. The van der Waals surface area contributed by atoms with E-state index in [0.29, 0.717) is 20.7 Å². The number of halogens is 2. The Labute approximate surface area is 215 Å². The first-order valence-electron chi connectivity index (χ1n) is 9.74. The molecule has 0 atom stereocenters. The van der Waals surface area contributed by atoms with E-state index in [1.165, 1.54) is 73.8 Å². The van der Waals surface area contributed by atoms with Gasteiger partial charge in [0.1, 0.15) is 22.3 Å². The molecule has 178 valence electrons. The number of nitriles is 1. The Morgan fingerprint density at radius 2 is 1.71 bits per heavy atom. The second kappa shape index (κ2) is 11.2. The summed E-state index contributed by atoms with van der Waals surface area (Å²) in [4.78, 5) is 24.1. The second-order valence-electron chi connectivity index (χ2n) is 6.87. The third-order valence-electron chi connectivity index (χ3n) is 4.50. The molecule has 3 rings (SSSR count). The van der Waals surface area contributed by atoms with Crippen LogP contribution >= 0.6 is 27.5 Å². The van der Waals surface area contributed by atoms with Crippen LogP contribution in [-0.2, 0) is 19.6 Å². The molecule has 0 heterocycles. The highest BCUT2D eigenvalue weighted by Crippen LogP contribution is 2.29. The number of carbonyl (C=O) groups is 2. The lowest BCUT2D eigenvalue weighted by molar-refractivity contribution is -0.112. The van der Waals surface area contributed by atoms with E-state index in [2.05, 4.69) is 26.0 Å². The number of nitrogens with zero attached hydrogens (tertiary/aromatic N) is 1. The number of esters is 1. The molecule has 35 heavy (non-hydrogen) atoms. The van der Waals surface area contributed by atoms with Crippen LogP contribution in [0.15, 0.2) is 81.7 Å². The van der Waals surface area contributed by atoms with Crippen LogP contribution < -0.4 is 9.50 Å². The standard InChI is InChI=1S/C24H16BrClN2O6S/c1-33-24(30)15-2-7-20(8-3-15)28-23(29)17(14-27)12-16-13-18(25)4-11-22(16)34-35(31,32)21-9-5-19(26)6-10-21/h2-13H,1H3,(H,28,29)/b17-12+. The van der Waals surface area contributed by atoms with Gasteiger partial charge in [0, 0.05) is 20.7 Å². The number of methoxy groups -OCH3 is 1. The molecule has 0 aliphatic rings. The monoisotopic (exact) mass is 574 g/mol. The molecule has 3 aromatic carbocycles. The Balaban J connectivity index is 1.88. The van der Waals surface area contributed by atoms with E-state index in [4.69, 9.17) is 15.8 Å². The Bertz CT molecular complexity index is 1450. The molecule has 0 saturated heterocycles. The first-order chi connectivity index (χ1) is 16.6. The molecule has 0 aromatic heterocycles. The Hall–Kier alpha value is -3.65. The Morgan fingerprint density at radius 3 is 2.31 bits per heavy atom. The number of rotatable bonds is 7. The number of amides is 1. The van der Waals surface area contributed by atoms with Crippen molar-refractivity contribution in [3.05, 3.63) is 92.9 Å². The van der Waals surface area contributed by atoms with E-state index in [-0.39, 0.29) is 21.8 Å². The number of hydrogen-bond acceptors (Lipinski definition) is 7. The summed E-state index contributed by atoms with van der Waals surface area (Å²) in [5.74, 6) is -1.37. The zero-order valence-corrected chi connectivity index (χ0v) is 21.1. The molecule has 0 aliphatic heterocycles. The summed E-state index contributed by atoms with van der Waals surface area (Å²) in [6.45, 7) is 0. The van der Waals surface area contributed by atoms with Gasteiger partial charge in [0.2, 0.25) is 0 Å². The molecule has 0 bridgehead atoms. The minimum absolute atomic E-state index is 0.0915. The average Bonchev–Trinajstić information content (AvgIpc) is 2.84. The van der Waals surface area contributed by atoms with E-state index in [1.807, 2.05) is 0 Å². The molecule has 0 unspecified atom stereocenters. The minimum atomic E-state index is -4.21. The molecule has 0 saturated carbocycles. The van der Waals surface area contributed by atoms with Gasteiger partial charge in [0.05, 0.1) is 12.7 Å². The Kier molecular flexibility index (Phi) is 8.30. The summed E-state index contributed by atoms with van der Waals surface area (Å²) in [5.41, 5.74) is 0.484. The van der Waals surface area contributed by atoms with Crippen LogP contribution in [0.4, 0.5) is 5.69 Å². The molecular formula is C24H16BrClN2O6S. The van der Waals surface area contributed by atoms with Gasteiger partial charge in [0.15, 0.2) is 0 Å². The van der Waals surface area contributed by atoms with Crippen LogP contribution in [0.5, 0.6) is 5.75 Å². The smallest absolute Gasteiger partial charge is 0.339 e. The highest BCUT2D eigenvalue weighted by Gasteiger charge is 2.19. The number of hydrogen-bond donors (Lipinski definition) is 1. The summed E-state index contributed by atoms with van der Waals surface area (Å²) < 4.78 is 35.9. The SMILES string of the molecule is COC(=O)c1ccc(NC(=O)/C(C#N)=C/c2cc(Br)ccc2OS(=O)(=O)c2ccc(Cl)cc2)cc1. The van der Waals surface area contributed by atoms with E-state index in [0.717, 1.165) is 0 Å². The zero-order valence-electron chi connectivity index (χ0n) is 18.0. The van der Waals surface area contributed by atoms with Crippen molar-refractivity contribution >= 4 is 61.3 Å². The maximum Gasteiger partial charge on any atom is 0.339 e. The first kappa shape index (κ1) is 26.0.